The number of rotatable bonds is 44. The number of ether oxygens (including phenoxy) is 13. The molecule has 0 heterocycles. The van der Waals surface area contributed by atoms with Gasteiger partial charge in [0.15, 0.2) is 8.32 Å². The van der Waals surface area contributed by atoms with Crippen LogP contribution in [0.2, 0.25) is 18.1 Å². The highest BCUT2D eigenvalue weighted by Gasteiger charge is 2.36. The van der Waals surface area contributed by atoms with Crippen molar-refractivity contribution in [1.29, 1.82) is 0 Å². The fourth-order valence-corrected chi connectivity index (χ4v) is 4.66. The molecule has 0 aliphatic heterocycles. The Balaban J connectivity index is 3.14. The molecule has 0 aromatic carbocycles. The van der Waals surface area contributed by atoms with Crippen molar-refractivity contribution < 1.29 is 80.7 Å². The molecule has 0 bridgehead atoms. The maximum Gasteiger partial charge on any atom is 0.329 e. The number of nitrogens with one attached hydrogen (secondary N) is 1. The van der Waals surface area contributed by atoms with Gasteiger partial charge in [-0.05, 0) is 18.1 Å². The summed E-state index contributed by atoms with van der Waals surface area (Å²) >= 11 is 0. The highest BCUT2D eigenvalue weighted by molar-refractivity contribution is 6.74. The van der Waals surface area contributed by atoms with Crippen LogP contribution in [0.1, 0.15) is 20.8 Å². The summed E-state index contributed by atoms with van der Waals surface area (Å²) in [5.74, 6) is -1.52. The molecule has 18 nitrogen and oxygen atoms in total. The summed E-state index contributed by atoms with van der Waals surface area (Å²) in [5.41, 5.74) is 0. The Bertz CT molecular complexity index is 854. The molecule has 19 heteroatoms. The van der Waals surface area contributed by atoms with Gasteiger partial charge in [0.2, 0.25) is 5.91 Å². The highest BCUT2D eigenvalue weighted by Crippen LogP contribution is 2.36. The predicted octanol–water partition coefficient (Wildman–Crippen LogP) is 1.42. The van der Waals surface area contributed by atoms with Gasteiger partial charge in [-0.3, -0.25) is 4.79 Å². The third kappa shape index (κ3) is 40.6. The van der Waals surface area contributed by atoms with E-state index in [0.717, 1.165) is 0 Å². The number of carbonyl (C=O) groups excluding carboxylic acids is 1. The van der Waals surface area contributed by atoms with E-state index in [1.807, 2.05) is 0 Å². The Labute approximate surface area is 329 Å². The van der Waals surface area contributed by atoms with Crippen LogP contribution in [0.5, 0.6) is 0 Å². The first-order valence-corrected chi connectivity index (χ1v) is 22.1. The van der Waals surface area contributed by atoms with Crippen LogP contribution in [0.3, 0.4) is 0 Å². The Morgan fingerprint density at radius 1 is 0.418 bits per heavy atom. The van der Waals surface area contributed by atoms with Gasteiger partial charge in [0.25, 0.3) is 0 Å². The van der Waals surface area contributed by atoms with E-state index in [-0.39, 0.29) is 11.6 Å². The van der Waals surface area contributed by atoms with E-state index in [2.05, 4.69) is 43.9 Å². The average Bonchev–Trinajstić information content (AvgIpc) is 3.13. The summed E-state index contributed by atoms with van der Waals surface area (Å²) in [7, 11) is -1.71. The molecule has 0 saturated heterocycles. The maximum atomic E-state index is 11.4. The second kappa shape index (κ2) is 39.4. The van der Waals surface area contributed by atoms with E-state index in [1.54, 1.807) is 0 Å². The molecule has 0 fully saturated rings. The zero-order valence-electron chi connectivity index (χ0n) is 34.3. The van der Waals surface area contributed by atoms with Crippen LogP contribution < -0.4 is 5.32 Å². The lowest BCUT2D eigenvalue weighted by atomic mass is 10.2. The predicted molar refractivity (Wildman–Crippen MR) is 204 cm³/mol. The van der Waals surface area contributed by atoms with Crippen LogP contribution in [0.4, 0.5) is 0 Å². The molecule has 0 unspecified atom stereocenters. The van der Waals surface area contributed by atoms with Gasteiger partial charge in [-0.15, -0.1) is 0 Å². The van der Waals surface area contributed by atoms with Crippen molar-refractivity contribution in [3.63, 3.8) is 0 Å². The van der Waals surface area contributed by atoms with E-state index in [9.17, 15) is 9.59 Å². The summed E-state index contributed by atoms with van der Waals surface area (Å²) in [6.45, 7) is 22.7. The molecule has 1 amide bonds. The van der Waals surface area contributed by atoms with E-state index >= 15 is 0 Å². The first-order chi connectivity index (χ1) is 26.6. The van der Waals surface area contributed by atoms with Crippen LogP contribution >= 0.6 is 0 Å². The normalized spacial score (nSPS) is 12.1. The van der Waals surface area contributed by atoms with Crippen molar-refractivity contribution in [2.24, 2.45) is 0 Å². The van der Waals surface area contributed by atoms with Crippen molar-refractivity contribution in [3.05, 3.63) is 0 Å². The van der Waals surface area contributed by atoms with Gasteiger partial charge in [-0.2, -0.15) is 0 Å². The van der Waals surface area contributed by atoms with Crippen LogP contribution in [-0.2, 0) is 75.6 Å². The summed E-state index contributed by atoms with van der Waals surface area (Å²) < 4.78 is 76.4. The molecule has 0 spiro atoms. The molecule has 2 N–H and O–H groups in total. The number of carbonyl (C=O) groups is 2. The molecule has 0 aliphatic rings. The molecular formula is C36H73NO17Si. The zero-order valence-corrected chi connectivity index (χ0v) is 35.3. The molecule has 0 rings (SSSR count). The monoisotopic (exact) mass is 819 g/mol. The van der Waals surface area contributed by atoms with Crippen molar-refractivity contribution in [3.8, 4) is 0 Å². The van der Waals surface area contributed by atoms with Crippen molar-refractivity contribution in [2.45, 2.75) is 38.9 Å². The molecule has 328 valence electrons. The Morgan fingerprint density at radius 2 is 0.673 bits per heavy atom. The lowest BCUT2D eigenvalue weighted by Crippen LogP contribution is -2.41. The lowest BCUT2D eigenvalue weighted by molar-refractivity contribution is -0.143. The fraction of sp³-hybridized carbons (Fsp3) is 0.944. The van der Waals surface area contributed by atoms with Crippen molar-refractivity contribution in [1.82, 2.24) is 5.32 Å². The largest absolute Gasteiger partial charge is 0.480 e. The van der Waals surface area contributed by atoms with E-state index in [0.29, 0.717) is 172 Å². The highest BCUT2D eigenvalue weighted by atomic mass is 28.4. The van der Waals surface area contributed by atoms with Gasteiger partial charge in [-0.1, -0.05) is 20.8 Å². The van der Waals surface area contributed by atoms with Crippen molar-refractivity contribution >= 4 is 20.2 Å². The fourth-order valence-electron chi connectivity index (χ4n) is 3.64. The first-order valence-electron chi connectivity index (χ1n) is 19.2. The van der Waals surface area contributed by atoms with E-state index < -0.39 is 26.8 Å². The maximum absolute atomic E-state index is 11.4. The average molecular weight is 820 g/mol. The van der Waals surface area contributed by atoms with Crippen LogP contribution in [-0.4, -0.2) is 210 Å². The number of amides is 1. The number of aliphatic carboxylic acids is 1. The van der Waals surface area contributed by atoms with Gasteiger partial charge >= 0.3 is 5.97 Å². The summed E-state index contributed by atoms with van der Waals surface area (Å²) in [5, 5.41) is 11.2. The Morgan fingerprint density at radius 3 is 0.927 bits per heavy atom. The molecule has 0 aromatic heterocycles. The Kier molecular flexibility index (Phi) is 38.4. The second-order valence-corrected chi connectivity index (χ2v) is 18.0. The number of hydrogen-bond donors (Lipinski definition) is 2. The topological polar surface area (TPSA) is 196 Å². The van der Waals surface area contributed by atoms with E-state index in [4.69, 9.17) is 66.4 Å². The molecule has 0 atom stereocenters. The summed E-state index contributed by atoms with van der Waals surface area (Å²) in [6, 6.07) is 0. The minimum absolute atomic E-state index is 0.208. The second-order valence-electron chi connectivity index (χ2n) is 13.2. The summed E-state index contributed by atoms with van der Waals surface area (Å²) in [6.07, 6.45) is 0. The molecule has 0 radical (unpaired) electrons. The van der Waals surface area contributed by atoms with Crippen LogP contribution in [0.15, 0.2) is 0 Å². The smallest absolute Gasteiger partial charge is 0.329 e. The molecule has 55 heavy (non-hydrogen) atoms. The van der Waals surface area contributed by atoms with Gasteiger partial charge < -0.3 is 76.4 Å². The van der Waals surface area contributed by atoms with Gasteiger partial charge in [0, 0.05) is 6.54 Å². The quantitative estimate of drug-likeness (QED) is 0.0661. The van der Waals surface area contributed by atoms with Crippen LogP contribution in [0.25, 0.3) is 0 Å². The minimum Gasteiger partial charge on any atom is -0.480 e. The number of carboxylic acid groups (broad SMARTS) is 1. The Hall–Kier alpha value is -1.40. The zero-order chi connectivity index (χ0) is 40.6. The lowest BCUT2D eigenvalue weighted by Gasteiger charge is -2.36. The van der Waals surface area contributed by atoms with Gasteiger partial charge in [0.1, 0.15) is 13.2 Å². The standard InChI is InChI=1S/C36H73NO17Si/c1-36(2,3)55(4,5)54-31-30-52-29-28-51-27-26-50-25-24-49-23-22-48-21-20-47-19-18-46-17-16-45-15-14-44-13-12-43-11-10-42-9-8-41-7-6-37-34(38)32-53-33-35(39)40/h6-33H2,1-5H3,(H,37,38)(H,39,40). The van der Waals surface area contributed by atoms with Gasteiger partial charge in [0.05, 0.1) is 165 Å². The number of hydrogen-bond acceptors (Lipinski definition) is 16. The van der Waals surface area contributed by atoms with Gasteiger partial charge in [-0.25, -0.2) is 4.79 Å². The molecule has 0 aliphatic carbocycles. The van der Waals surface area contributed by atoms with E-state index in [1.165, 1.54) is 0 Å². The third-order valence-electron chi connectivity index (χ3n) is 7.62. The third-order valence-corrected chi connectivity index (χ3v) is 12.2. The minimum atomic E-state index is -1.71. The first kappa shape index (κ1) is 53.6. The molecule has 0 aromatic rings. The van der Waals surface area contributed by atoms with Crippen LogP contribution in [0, 0.1) is 0 Å². The van der Waals surface area contributed by atoms with Crippen molar-refractivity contribution in [2.75, 3.05) is 185 Å². The SMILES string of the molecule is CC(C)(C)[Si](C)(C)OCCOCCOCCOCCOCCOCCOCCOCCOCCOCCOCCOCCOCCNC(=O)COCC(=O)O. The number of carboxylic acids is 1. The molecule has 0 saturated carbocycles. The summed E-state index contributed by atoms with van der Waals surface area (Å²) in [4.78, 5) is 21.7. The molecular weight excluding hydrogens is 746 g/mol.